The predicted molar refractivity (Wildman–Crippen MR) is 95.9 cm³/mol. The molecule has 7 heteroatoms. The third-order valence-electron chi connectivity index (χ3n) is 3.50. The van der Waals surface area contributed by atoms with E-state index in [2.05, 4.69) is 0 Å². The number of aryl methyl sites for hydroxylation is 1. The maximum atomic E-state index is 13.0. The van der Waals surface area contributed by atoms with Crippen LogP contribution in [0.3, 0.4) is 0 Å². The number of halogens is 1. The van der Waals surface area contributed by atoms with Crippen molar-refractivity contribution < 1.29 is 13.2 Å². The van der Waals surface area contributed by atoms with E-state index >= 15 is 0 Å². The number of carbonyl (C=O) groups is 1. The molecule has 0 aliphatic heterocycles. The Bertz CT molecular complexity index is 816. The van der Waals surface area contributed by atoms with Crippen LogP contribution in [-0.4, -0.2) is 39.9 Å². The van der Waals surface area contributed by atoms with Crippen molar-refractivity contribution in [3.05, 3.63) is 59.1 Å². The third kappa shape index (κ3) is 4.07. The minimum Gasteiger partial charge on any atom is -0.347 e. The summed E-state index contributed by atoms with van der Waals surface area (Å²) in [6.07, 6.45) is 0. The Hall–Kier alpha value is -2.05. The molecule has 0 fully saturated rings. The van der Waals surface area contributed by atoms with Crippen LogP contribution >= 0.6 is 11.6 Å². The maximum Gasteiger partial charge on any atom is 0.264 e. The Morgan fingerprint density at radius 3 is 2.04 bits per heavy atom. The summed E-state index contributed by atoms with van der Waals surface area (Å²) in [5.41, 5.74) is 1.44. The van der Waals surface area contributed by atoms with Gasteiger partial charge in [-0.15, -0.1) is 0 Å². The Morgan fingerprint density at radius 1 is 1.00 bits per heavy atom. The highest BCUT2D eigenvalue weighted by Gasteiger charge is 2.27. The van der Waals surface area contributed by atoms with E-state index in [1.165, 1.54) is 29.2 Å². The van der Waals surface area contributed by atoms with Crippen molar-refractivity contribution >= 4 is 33.2 Å². The predicted octanol–water partition coefficient (Wildman–Crippen LogP) is 2.93. The molecule has 0 heterocycles. The summed E-state index contributed by atoms with van der Waals surface area (Å²) in [6.45, 7) is 1.63. The molecular weight excluding hydrogens is 348 g/mol. The molecule has 2 aromatic carbocycles. The summed E-state index contributed by atoms with van der Waals surface area (Å²) in [5, 5.41) is 0.445. The molecule has 5 nitrogen and oxygen atoms in total. The Morgan fingerprint density at radius 2 is 1.54 bits per heavy atom. The van der Waals surface area contributed by atoms with E-state index in [1.54, 1.807) is 38.4 Å². The zero-order valence-electron chi connectivity index (χ0n) is 13.7. The van der Waals surface area contributed by atoms with Gasteiger partial charge in [0.15, 0.2) is 0 Å². The summed E-state index contributed by atoms with van der Waals surface area (Å²) in [5.74, 6) is -0.312. The van der Waals surface area contributed by atoms with E-state index in [0.717, 1.165) is 9.87 Å². The molecular formula is C17H19ClN2O3S. The van der Waals surface area contributed by atoms with Crippen LogP contribution in [0.1, 0.15) is 5.56 Å². The molecule has 128 valence electrons. The molecule has 0 atom stereocenters. The van der Waals surface area contributed by atoms with Crippen LogP contribution in [0.4, 0.5) is 5.69 Å². The van der Waals surface area contributed by atoms with Gasteiger partial charge in [0.2, 0.25) is 5.91 Å². The molecule has 0 aliphatic carbocycles. The van der Waals surface area contributed by atoms with Gasteiger partial charge in [0, 0.05) is 19.1 Å². The Kier molecular flexibility index (Phi) is 5.51. The van der Waals surface area contributed by atoms with Crippen molar-refractivity contribution in [2.75, 3.05) is 24.9 Å². The van der Waals surface area contributed by atoms with E-state index in [0.29, 0.717) is 10.7 Å². The van der Waals surface area contributed by atoms with Gasteiger partial charge in [0.1, 0.15) is 6.54 Å². The normalized spacial score (nSPS) is 11.2. The molecule has 0 bridgehead atoms. The lowest BCUT2D eigenvalue weighted by molar-refractivity contribution is -0.127. The molecule has 0 radical (unpaired) electrons. The molecule has 0 aromatic heterocycles. The molecule has 0 saturated heterocycles. The van der Waals surface area contributed by atoms with Crippen LogP contribution in [0.15, 0.2) is 53.4 Å². The van der Waals surface area contributed by atoms with Crippen LogP contribution in [-0.2, 0) is 14.8 Å². The number of sulfonamides is 1. The number of carbonyl (C=O) groups excluding carboxylic acids is 1. The van der Waals surface area contributed by atoms with Crippen LogP contribution < -0.4 is 4.31 Å². The second kappa shape index (κ2) is 7.23. The zero-order chi connectivity index (χ0) is 17.9. The molecule has 2 aromatic rings. The van der Waals surface area contributed by atoms with Crippen molar-refractivity contribution in [2.45, 2.75) is 11.8 Å². The number of amides is 1. The summed E-state index contributed by atoms with van der Waals surface area (Å²) in [6, 6.07) is 12.9. The summed E-state index contributed by atoms with van der Waals surface area (Å²) in [4.78, 5) is 13.6. The van der Waals surface area contributed by atoms with Crippen LogP contribution in [0.5, 0.6) is 0 Å². The molecule has 1 amide bonds. The highest BCUT2D eigenvalue weighted by Crippen LogP contribution is 2.25. The fraction of sp³-hybridized carbons (Fsp3) is 0.235. The maximum absolute atomic E-state index is 13.0. The van der Waals surface area contributed by atoms with Gasteiger partial charge in [0.05, 0.1) is 10.6 Å². The van der Waals surface area contributed by atoms with E-state index in [1.807, 2.05) is 6.92 Å². The smallest absolute Gasteiger partial charge is 0.264 e. The number of likely N-dealkylation sites (N-methyl/N-ethyl adjacent to an activating group) is 1. The standard InChI is InChI=1S/C17H19ClN2O3S/c1-13-4-8-15(9-5-13)20(12-17(21)19(2)3)24(22,23)16-10-6-14(18)7-11-16/h4-11H,12H2,1-3H3. The minimum atomic E-state index is -3.89. The van der Waals surface area contributed by atoms with Gasteiger partial charge in [-0.05, 0) is 43.3 Å². The monoisotopic (exact) mass is 366 g/mol. The molecule has 0 unspecified atom stereocenters. The average Bonchev–Trinajstić information content (AvgIpc) is 2.53. The number of rotatable bonds is 5. The van der Waals surface area contributed by atoms with E-state index in [-0.39, 0.29) is 17.3 Å². The van der Waals surface area contributed by atoms with Crippen LogP contribution in [0, 0.1) is 6.92 Å². The Labute approximate surface area is 147 Å². The first-order valence-electron chi connectivity index (χ1n) is 7.27. The molecule has 0 spiro atoms. The first-order chi connectivity index (χ1) is 11.2. The quantitative estimate of drug-likeness (QED) is 0.817. The van der Waals surface area contributed by atoms with Gasteiger partial charge in [-0.2, -0.15) is 0 Å². The van der Waals surface area contributed by atoms with Gasteiger partial charge in [-0.3, -0.25) is 9.10 Å². The number of benzene rings is 2. The lowest BCUT2D eigenvalue weighted by Gasteiger charge is -2.25. The number of hydrogen-bond acceptors (Lipinski definition) is 3. The molecule has 0 saturated carbocycles. The third-order valence-corrected chi connectivity index (χ3v) is 5.54. The summed E-state index contributed by atoms with van der Waals surface area (Å²) >= 11 is 5.83. The van der Waals surface area contributed by atoms with Crippen molar-refractivity contribution in [1.82, 2.24) is 4.90 Å². The highest BCUT2D eigenvalue weighted by atomic mass is 35.5. The number of nitrogens with zero attached hydrogens (tertiary/aromatic N) is 2. The lowest BCUT2D eigenvalue weighted by Crippen LogP contribution is -2.40. The van der Waals surface area contributed by atoms with Crippen molar-refractivity contribution in [3.8, 4) is 0 Å². The Balaban J connectivity index is 2.49. The molecule has 0 aliphatic rings. The van der Waals surface area contributed by atoms with Gasteiger partial charge < -0.3 is 4.90 Å². The highest BCUT2D eigenvalue weighted by molar-refractivity contribution is 7.92. The lowest BCUT2D eigenvalue weighted by atomic mass is 10.2. The molecule has 2 rings (SSSR count). The van der Waals surface area contributed by atoms with Crippen molar-refractivity contribution in [1.29, 1.82) is 0 Å². The fourth-order valence-corrected chi connectivity index (χ4v) is 3.56. The summed E-state index contributed by atoms with van der Waals surface area (Å²) in [7, 11) is -0.709. The van der Waals surface area contributed by atoms with Crippen LogP contribution in [0.2, 0.25) is 5.02 Å². The van der Waals surface area contributed by atoms with Gasteiger partial charge in [-0.25, -0.2) is 8.42 Å². The fourth-order valence-electron chi connectivity index (χ4n) is 2.02. The van der Waals surface area contributed by atoms with Gasteiger partial charge in [0.25, 0.3) is 10.0 Å². The second-order valence-electron chi connectivity index (χ2n) is 5.59. The first-order valence-corrected chi connectivity index (χ1v) is 9.09. The molecule has 24 heavy (non-hydrogen) atoms. The van der Waals surface area contributed by atoms with Crippen molar-refractivity contribution in [2.24, 2.45) is 0 Å². The zero-order valence-corrected chi connectivity index (χ0v) is 15.3. The van der Waals surface area contributed by atoms with E-state index in [4.69, 9.17) is 11.6 Å². The van der Waals surface area contributed by atoms with Crippen molar-refractivity contribution in [3.63, 3.8) is 0 Å². The van der Waals surface area contributed by atoms with Gasteiger partial charge >= 0.3 is 0 Å². The van der Waals surface area contributed by atoms with Crippen LogP contribution in [0.25, 0.3) is 0 Å². The largest absolute Gasteiger partial charge is 0.347 e. The average molecular weight is 367 g/mol. The SMILES string of the molecule is Cc1ccc(N(CC(=O)N(C)C)S(=O)(=O)c2ccc(Cl)cc2)cc1. The minimum absolute atomic E-state index is 0.0824. The topological polar surface area (TPSA) is 57.7 Å². The first kappa shape index (κ1) is 18.3. The number of anilines is 1. The number of hydrogen-bond donors (Lipinski definition) is 0. The van der Waals surface area contributed by atoms with E-state index < -0.39 is 10.0 Å². The second-order valence-corrected chi connectivity index (χ2v) is 7.89. The molecule has 0 N–H and O–H groups in total. The van der Waals surface area contributed by atoms with Gasteiger partial charge in [-0.1, -0.05) is 29.3 Å². The summed E-state index contributed by atoms with van der Waals surface area (Å²) < 4.78 is 27.1. The van der Waals surface area contributed by atoms with E-state index in [9.17, 15) is 13.2 Å².